The van der Waals surface area contributed by atoms with E-state index < -0.39 is 0 Å². The Morgan fingerprint density at radius 2 is 2.08 bits per heavy atom. The van der Waals surface area contributed by atoms with Gasteiger partial charge in [-0.25, -0.2) is 0 Å². The van der Waals surface area contributed by atoms with Gasteiger partial charge in [-0.05, 0) is 43.5 Å². The van der Waals surface area contributed by atoms with Crippen LogP contribution in [0.2, 0.25) is 5.02 Å². The van der Waals surface area contributed by atoms with Gasteiger partial charge in [-0.2, -0.15) is 0 Å². The van der Waals surface area contributed by atoms with Crippen molar-refractivity contribution in [2.75, 3.05) is 18.4 Å². The Labute approximate surface area is 154 Å². The zero-order valence-electron chi connectivity index (χ0n) is 14.0. The molecular weight excluding hydrogens is 349 g/mol. The fourth-order valence-corrected chi connectivity index (χ4v) is 2.74. The standard InChI is InChI=1S/C17H24ClN3O2.ClH/c1-11(2)10-20-16(22)13-7-6-12(9-14(13)18)21-17(23)15-5-3-4-8-19-15;/h6-7,9,11,15,19H,3-5,8,10H2,1-2H3,(H,20,22)(H,21,23);1H. The summed E-state index contributed by atoms with van der Waals surface area (Å²) in [5.41, 5.74) is 1.02. The molecule has 1 fully saturated rings. The van der Waals surface area contributed by atoms with Gasteiger partial charge in [0.05, 0.1) is 16.6 Å². The summed E-state index contributed by atoms with van der Waals surface area (Å²) in [5, 5.41) is 9.22. The molecular formula is C17H25Cl2N3O2. The Balaban J connectivity index is 0.00000288. The molecule has 1 aliphatic rings. The molecule has 134 valence electrons. The smallest absolute Gasteiger partial charge is 0.252 e. The second-order valence-corrected chi connectivity index (χ2v) is 6.70. The van der Waals surface area contributed by atoms with Crippen molar-refractivity contribution in [3.63, 3.8) is 0 Å². The van der Waals surface area contributed by atoms with E-state index in [2.05, 4.69) is 16.0 Å². The lowest BCUT2D eigenvalue weighted by Gasteiger charge is -2.22. The Morgan fingerprint density at radius 3 is 2.67 bits per heavy atom. The lowest BCUT2D eigenvalue weighted by molar-refractivity contribution is -0.118. The van der Waals surface area contributed by atoms with Gasteiger partial charge in [0.1, 0.15) is 0 Å². The van der Waals surface area contributed by atoms with Crippen LogP contribution in [0.25, 0.3) is 0 Å². The molecule has 1 heterocycles. The summed E-state index contributed by atoms with van der Waals surface area (Å²) in [6.07, 6.45) is 3.01. The number of halogens is 2. The zero-order valence-corrected chi connectivity index (χ0v) is 15.6. The van der Waals surface area contributed by atoms with Crippen molar-refractivity contribution >= 4 is 41.5 Å². The van der Waals surface area contributed by atoms with Crippen LogP contribution < -0.4 is 16.0 Å². The molecule has 1 unspecified atom stereocenters. The maximum Gasteiger partial charge on any atom is 0.252 e. The highest BCUT2D eigenvalue weighted by atomic mass is 35.5. The average Bonchev–Trinajstić information content (AvgIpc) is 2.53. The van der Waals surface area contributed by atoms with Gasteiger partial charge in [-0.1, -0.05) is 31.9 Å². The van der Waals surface area contributed by atoms with Gasteiger partial charge in [0, 0.05) is 12.2 Å². The molecule has 0 bridgehead atoms. The quantitative estimate of drug-likeness (QED) is 0.741. The van der Waals surface area contributed by atoms with Gasteiger partial charge in [0.25, 0.3) is 5.91 Å². The highest BCUT2D eigenvalue weighted by Gasteiger charge is 2.21. The molecule has 5 nitrogen and oxygen atoms in total. The molecule has 3 N–H and O–H groups in total. The van der Waals surface area contributed by atoms with Gasteiger partial charge in [0.15, 0.2) is 0 Å². The first-order valence-electron chi connectivity index (χ1n) is 8.09. The van der Waals surface area contributed by atoms with E-state index in [-0.39, 0.29) is 30.3 Å². The van der Waals surface area contributed by atoms with Crippen LogP contribution in [-0.4, -0.2) is 30.9 Å². The molecule has 0 aromatic heterocycles. The molecule has 2 rings (SSSR count). The van der Waals surface area contributed by atoms with Crippen molar-refractivity contribution in [3.8, 4) is 0 Å². The number of anilines is 1. The molecule has 7 heteroatoms. The maximum atomic E-state index is 12.2. The van der Waals surface area contributed by atoms with Crippen LogP contribution in [0.1, 0.15) is 43.5 Å². The second-order valence-electron chi connectivity index (χ2n) is 6.29. The number of benzene rings is 1. The second kappa shape index (κ2) is 9.87. The van der Waals surface area contributed by atoms with E-state index in [0.29, 0.717) is 28.7 Å². The van der Waals surface area contributed by atoms with Gasteiger partial charge >= 0.3 is 0 Å². The first kappa shape index (κ1) is 20.7. The van der Waals surface area contributed by atoms with Crippen molar-refractivity contribution in [1.29, 1.82) is 0 Å². The topological polar surface area (TPSA) is 70.2 Å². The van der Waals surface area contributed by atoms with E-state index in [4.69, 9.17) is 11.6 Å². The van der Waals surface area contributed by atoms with Crippen LogP contribution in [-0.2, 0) is 4.79 Å². The largest absolute Gasteiger partial charge is 0.352 e. The van der Waals surface area contributed by atoms with E-state index in [1.165, 1.54) is 0 Å². The highest BCUT2D eigenvalue weighted by Crippen LogP contribution is 2.21. The summed E-state index contributed by atoms with van der Waals surface area (Å²) in [7, 11) is 0. The third kappa shape index (κ3) is 5.96. The first-order valence-corrected chi connectivity index (χ1v) is 8.47. The van der Waals surface area contributed by atoms with E-state index >= 15 is 0 Å². The number of hydrogen-bond donors (Lipinski definition) is 3. The summed E-state index contributed by atoms with van der Waals surface area (Å²) in [6.45, 7) is 5.52. The molecule has 0 spiro atoms. The van der Waals surface area contributed by atoms with Gasteiger partial charge in [-0.15, -0.1) is 12.4 Å². The highest BCUT2D eigenvalue weighted by molar-refractivity contribution is 6.34. The third-order valence-corrected chi connectivity index (χ3v) is 4.09. The van der Waals surface area contributed by atoms with Crippen molar-refractivity contribution in [1.82, 2.24) is 10.6 Å². The van der Waals surface area contributed by atoms with Crippen LogP contribution in [0, 0.1) is 5.92 Å². The van der Waals surface area contributed by atoms with Gasteiger partial charge in [-0.3, -0.25) is 9.59 Å². The van der Waals surface area contributed by atoms with Crippen molar-refractivity contribution in [3.05, 3.63) is 28.8 Å². The summed E-state index contributed by atoms with van der Waals surface area (Å²) in [6, 6.07) is 4.81. The van der Waals surface area contributed by atoms with Gasteiger partial charge in [0.2, 0.25) is 5.91 Å². The van der Waals surface area contributed by atoms with Crippen molar-refractivity contribution < 1.29 is 9.59 Å². The van der Waals surface area contributed by atoms with Crippen molar-refractivity contribution in [2.45, 2.75) is 39.2 Å². The summed E-state index contributed by atoms with van der Waals surface area (Å²) < 4.78 is 0. The van der Waals surface area contributed by atoms with E-state index in [0.717, 1.165) is 25.8 Å². The molecule has 1 aromatic rings. The summed E-state index contributed by atoms with van der Waals surface area (Å²) >= 11 is 6.18. The third-order valence-electron chi connectivity index (χ3n) is 3.78. The Bertz CT molecular complexity index is 573. The molecule has 0 aliphatic carbocycles. The molecule has 0 saturated carbocycles. The summed E-state index contributed by atoms with van der Waals surface area (Å²) in [5.74, 6) is 0.118. The Morgan fingerprint density at radius 1 is 1.33 bits per heavy atom. The normalized spacial score (nSPS) is 17.1. The minimum Gasteiger partial charge on any atom is -0.352 e. The number of hydrogen-bond acceptors (Lipinski definition) is 3. The average molecular weight is 374 g/mol. The predicted octanol–water partition coefficient (Wildman–Crippen LogP) is 3.23. The fourth-order valence-electron chi connectivity index (χ4n) is 2.47. The minimum atomic E-state index is -0.199. The van der Waals surface area contributed by atoms with E-state index in [9.17, 15) is 9.59 Å². The van der Waals surface area contributed by atoms with Crippen LogP contribution in [0.5, 0.6) is 0 Å². The zero-order chi connectivity index (χ0) is 16.8. The Kier molecular flexibility index (Phi) is 8.53. The minimum absolute atomic E-state index is 0. The number of amides is 2. The van der Waals surface area contributed by atoms with Crippen LogP contribution >= 0.6 is 24.0 Å². The molecule has 1 atom stereocenters. The lowest BCUT2D eigenvalue weighted by Crippen LogP contribution is -2.43. The van der Waals surface area contributed by atoms with E-state index in [1.54, 1.807) is 18.2 Å². The SMILES string of the molecule is CC(C)CNC(=O)c1ccc(NC(=O)C2CCCCN2)cc1Cl.Cl. The fraction of sp³-hybridized carbons (Fsp3) is 0.529. The van der Waals surface area contributed by atoms with Crippen molar-refractivity contribution in [2.24, 2.45) is 5.92 Å². The number of carbonyl (C=O) groups is 2. The lowest BCUT2D eigenvalue weighted by atomic mass is 10.0. The number of rotatable bonds is 5. The first-order chi connectivity index (χ1) is 11.0. The predicted molar refractivity (Wildman–Crippen MR) is 100 cm³/mol. The van der Waals surface area contributed by atoms with Crippen LogP contribution in [0.15, 0.2) is 18.2 Å². The monoisotopic (exact) mass is 373 g/mol. The number of carbonyl (C=O) groups excluding carboxylic acids is 2. The summed E-state index contributed by atoms with van der Waals surface area (Å²) in [4.78, 5) is 24.2. The van der Waals surface area contributed by atoms with Gasteiger partial charge < -0.3 is 16.0 Å². The molecule has 1 aliphatic heterocycles. The molecule has 1 saturated heterocycles. The molecule has 2 amide bonds. The number of piperidine rings is 1. The maximum absolute atomic E-state index is 12.2. The molecule has 1 aromatic carbocycles. The van der Waals surface area contributed by atoms with Crippen LogP contribution in [0.3, 0.4) is 0 Å². The van der Waals surface area contributed by atoms with Crippen LogP contribution in [0.4, 0.5) is 5.69 Å². The number of nitrogens with one attached hydrogen (secondary N) is 3. The Hall–Kier alpha value is -1.30. The van der Waals surface area contributed by atoms with E-state index in [1.807, 2.05) is 13.8 Å². The molecule has 0 radical (unpaired) electrons. The molecule has 24 heavy (non-hydrogen) atoms.